The number of ether oxygens (including phenoxy) is 1. The molecule has 0 fully saturated rings. The SMILES string of the molecule is CCCCCCCNC(=S)Nc1sc(Cc2ccccc2)cc1C(=O)OC. The van der Waals surface area contributed by atoms with Crippen LogP contribution in [0.25, 0.3) is 0 Å². The predicted octanol–water partition coefficient (Wildman–Crippen LogP) is 5.38. The van der Waals surface area contributed by atoms with Crippen molar-refractivity contribution in [1.29, 1.82) is 0 Å². The number of hydrogen-bond donors (Lipinski definition) is 2. The van der Waals surface area contributed by atoms with Crippen LogP contribution in [-0.4, -0.2) is 24.7 Å². The fraction of sp³-hybridized carbons (Fsp3) is 0.429. The Hall–Kier alpha value is -1.92. The second-order valence-electron chi connectivity index (χ2n) is 6.40. The number of hydrogen-bond acceptors (Lipinski definition) is 4. The molecule has 1 heterocycles. The smallest absolute Gasteiger partial charge is 0.340 e. The highest BCUT2D eigenvalue weighted by Crippen LogP contribution is 2.30. The second-order valence-corrected chi connectivity index (χ2v) is 7.95. The van der Waals surface area contributed by atoms with Crippen LogP contribution in [-0.2, 0) is 11.2 Å². The molecule has 4 nitrogen and oxygen atoms in total. The van der Waals surface area contributed by atoms with Crippen LogP contribution in [0.15, 0.2) is 36.4 Å². The third-order valence-corrected chi connectivity index (χ3v) is 5.50. The summed E-state index contributed by atoms with van der Waals surface area (Å²) in [5, 5.41) is 7.68. The van der Waals surface area contributed by atoms with Crippen molar-refractivity contribution in [1.82, 2.24) is 5.32 Å². The van der Waals surface area contributed by atoms with Gasteiger partial charge in [0.05, 0.1) is 12.7 Å². The van der Waals surface area contributed by atoms with Crippen LogP contribution in [0.1, 0.15) is 59.8 Å². The van der Waals surface area contributed by atoms with E-state index in [-0.39, 0.29) is 5.97 Å². The molecule has 0 unspecified atom stereocenters. The van der Waals surface area contributed by atoms with E-state index in [1.807, 2.05) is 24.3 Å². The van der Waals surface area contributed by atoms with Gasteiger partial charge in [-0.25, -0.2) is 4.79 Å². The van der Waals surface area contributed by atoms with Gasteiger partial charge in [0.15, 0.2) is 5.11 Å². The summed E-state index contributed by atoms with van der Waals surface area (Å²) in [6.45, 7) is 3.05. The van der Waals surface area contributed by atoms with Crippen molar-refractivity contribution in [2.45, 2.75) is 45.4 Å². The van der Waals surface area contributed by atoms with Gasteiger partial charge in [-0.1, -0.05) is 62.9 Å². The summed E-state index contributed by atoms with van der Waals surface area (Å²) in [6.07, 6.45) is 6.86. The summed E-state index contributed by atoms with van der Waals surface area (Å²) in [7, 11) is 1.40. The van der Waals surface area contributed by atoms with Crippen molar-refractivity contribution in [3.63, 3.8) is 0 Å². The Kier molecular flexibility index (Phi) is 9.28. The molecule has 1 aromatic carbocycles. The molecule has 0 amide bonds. The van der Waals surface area contributed by atoms with Gasteiger partial charge in [-0.05, 0) is 30.3 Å². The van der Waals surface area contributed by atoms with E-state index < -0.39 is 0 Å². The first-order valence-corrected chi connectivity index (χ1v) is 10.7. The molecule has 0 bridgehead atoms. The van der Waals surface area contributed by atoms with E-state index in [4.69, 9.17) is 17.0 Å². The van der Waals surface area contributed by atoms with Gasteiger partial charge in [-0.3, -0.25) is 0 Å². The van der Waals surface area contributed by atoms with Crippen molar-refractivity contribution < 1.29 is 9.53 Å². The lowest BCUT2D eigenvalue weighted by Crippen LogP contribution is -2.29. The van der Waals surface area contributed by atoms with Gasteiger partial charge >= 0.3 is 5.97 Å². The number of nitrogens with one attached hydrogen (secondary N) is 2. The van der Waals surface area contributed by atoms with Crippen LogP contribution in [0.5, 0.6) is 0 Å². The molecule has 27 heavy (non-hydrogen) atoms. The monoisotopic (exact) mass is 404 g/mol. The number of anilines is 1. The minimum atomic E-state index is -0.351. The van der Waals surface area contributed by atoms with Crippen LogP contribution >= 0.6 is 23.6 Å². The molecular weight excluding hydrogens is 376 g/mol. The predicted molar refractivity (Wildman–Crippen MR) is 118 cm³/mol. The highest BCUT2D eigenvalue weighted by molar-refractivity contribution is 7.80. The minimum absolute atomic E-state index is 0.351. The normalized spacial score (nSPS) is 10.4. The number of carbonyl (C=O) groups excluding carboxylic acids is 1. The first-order valence-electron chi connectivity index (χ1n) is 9.43. The number of esters is 1. The zero-order chi connectivity index (χ0) is 19.5. The van der Waals surface area contributed by atoms with Gasteiger partial charge in [0.2, 0.25) is 0 Å². The Labute approximate surface area is 171 Å². The lowest BCUT2D eigenvalue weighted by molar-refractivity contribution is 0.0602. The molecule has 0 atom stereocenters. The third kappa shape index (κ3) is 7.31. The van der Waals surface area contributed by atoms with Crippen LogP contribution < -0.4 is 10.6 Å². The van der Waals surface area contributed by atoms with Crippen LogP contribution in [0, 0.1) is 0 Å². The highest BCUT2D eigenvalue weighted by Gasteiger charge is 2.17. The Bertz CT molecular complexity index is 729. The number of thiocarbonyl (C=S) groups is 1. The molecule has 2 aromatic rings. The van der Waals surface area contributed by atoms with Crippen molar-refractivity contribution in [2.24, 2.45) is 0 Å². The molecule has 2 N–H and O–H groups in total. The van der Waals surface area contributed by atoms with E-state index in [1.54, 1.807) is 0 Å². The minimum Gasteiger partial charge on any atom is -0.465 e. The third-order valence-electron chi connectivity index (χ3n) is 4.20. The number of rotatable bonds is 10. The summed E-state index contributed by atoms with van der Waals surface area (Å²) < 4.78 is 4.92. The van der Waals surface area contributed by atoms with Crippen molar-refractivity contribution in [3.05, 3.63) is 52.4 Å². The molecular formula is C21H28N2O2S2. The van der Waals surface area contributed by atoms with Crippen LogP contribution in [0.4, 0.5) is 5.00 Å². The van der Waals surface area contributed by atoms with Crippen LogP contribution in [0.3, 0.4) is 0 Å². The van der Waals surface area contributed by atoms with Crippen molar-refractivity contribution >= 4 is 39.6 Å². The maximum Gasteiger partial charge on any atom is 0.340 e. The molecule has 1 aromatic heterocycles. The number of thiophene rings is 1. The average Bonchev–Trinajstić information content (AvgIpc) is 3.06. The maximum absolute atomic E-state index is 12.1. The lowest BCUT2D eigenvalue weighted by atomic mass is 10.1. The van der Waals surface area contributed by atoms with Gasteiger partial charge < -0.3 is 15.4 Å². The first kappa shape index (κ1) is 21.4. The molecule has 6 heteroatoms. The zero-order valence-corrected chi connectivity index (χ0v) is 17.7. The van der Waals surface area contributed by atoms with E-state index >= 15 is 0 Å². The Morgan fingerprint density at radius 2 is 1.89 bits per heavy atom. The van der Waals surface area contributed by atoms with Gasteiger partial charge in [0.25, 0.3) is 0 Å². The van der Waals surface area contributed by atoms with Gasteiger partial charge in [-0.15, -0.1) is 11.3 Å². The topological polar surface area (TPSA) is 50.4 Å². The zero-order valence-electron chi connectivity index (χ0n) is 16.0. The average molecular weight is 405 g/mol. The van der Waals surface area contributed by atoms with E-state index in [0.29, 0.717) is 10.7 Å². The summed E-state index contributed by atoms with van der Waals surface area (Å²) >= 11 is 6.93. The number of benzene rings is 1. The van der Waals surface area contributed by atoms with Gasteiger partial charge in [0, 0.05) is 17.8 Å². The van der Waals surface area contributed by atoms with Crippen molar-refractivity contribution in [3.8, 4) is 0 Å². The van der Waals surface area contributed by atoms with E-state index in [1.165, 1.54) is 49.7 Å². The van der Waals surface area contributed by atoms with E-state index in [9.17, 15) is 4.79 Å². The fourth-order valence-electron chi connectivity index (χ4n) is 2.76. The molecule has 0 saturated carbocycles. The molecule has 0 aliphatic carbocycles. The Balaban J connectivity index is 1.95. The van der Waals surface area contributed by atoms with Crippen molar-refractivity contribution in [2.75, 3.05) is 19.0 Å². The van der Waals surface area contributed by atoms with Gasteiger partial charge in [-0.2, -0.15) is 0 Å². The number of methoxy groups -OCH3 is 1. The molecule has 0 radical (unpaired) electrons. The highest BCUT2D eigenvalue weighted by atomic mass is 32.1. The molecule has 146 valence electrons. The molecule has 0 spiro atoms. The summed E-state index contributed by atoms with van der Waals surface area (Å²) in [5.41, 5.74) is 1.73. The number of carbonyl (C=O) groups is 1. The summed E-state index contributed by atoms with van der Waals surface area (Å²) in [6, 6.07) is 12.1. The Morgan fingerprint density at radius 3 is 2.59 bits per heavy atom. The van der Waals surface area contributed by atoms with Gasteiger partial charge in [0.1, 0.15) is 5.00 Å². The summed E-state index contributed by atoms with van der Waals surface area (Å²) in [4.78, 5) is 13.2. The molecule has 2 rings (SSSR count). The van der Waals surface area contributed by atoms with E-state index in [0.717, 1.165) is 29.3 Å². The van der Waals surface area contributed by atoms with E-state index in [2.05, 4.69) is 29.7 Å². The van der Waals surface area contributed by atoms with Crippen LogP contribution in [0.2, 0.25) is 0 Å². The quantitative estimate of drug-likeness (QED) is 0.316. The fourth-order valence-corrected chi connectivity index (χ4v) is 4.11. The second kappa shape index (κ2) is 11.7. The molecule has 0 aliphatic rings. The number of unbranched alkanes of at least 4 members (excludes halogenated alkanes) is 4. The largest absolute Gasteiger partial charge is 0.465 e. The summed E-state index contributed by atoms with van der Waals surface area (Å²) in [5.74, 6) is -0.351. The molecule has 0 saturated heterocycles. The molecule has 0 aliphatic heterocycles. The lowest BCUT2D eigenvalue weighted by Gasteiger charge is -2.10. The Morgan fingerprint density at radius 1 is 1.15 bits per heavy atom. The first-order chi connectivity index (χ1) is 13.1. The maximum atomic E-state index is 12.1. The standard InChI is InChI=1S/C21H28N2O2S2/c1-3-4-5-6-10-13-22-21(26)23-19-18(20(24)25-2)15-17(27-19)14-16-11-8-7-9-12-16/h7-9,11-12,15H,3-6,10,13-14H2,1-2H3,(H2,22,23,26).